The normalized spacial score (nSPS) is 17.2. The molecule has 1 fully saturated rings. The van der Waals surface area contributed by atoms with Gasteiger partial charge in [0.1, 0.15) is 17.3 Å². The SMILES string of the molecule is CCc1ccc2nc(N3C(=O)C(=O)/C(=C(/O)c4ccc(OC(C)C)cc4)C3c3ccc(O)cc3)sc2c1. The summed E-state index contributed by atoms with van der Waals surface area (Å²) in [6.45, 7) is 5.89. The Labute approximate surface area is 218 Å². The van der Waals surface area contributed by atoms with Crippen molar-refractivity contribution in [1.82, 2.24) is 4.98 Å². The van der Waals surface area contributed by atoms with E-state index in [-0.39, 0.29) is 23.2 Å². The molecule has 188 valence electrons. The first-order valence-corrected chi connectivity index (χ1v) is 12.8. The second kappa shape index (κ2) is 9.71. The molecule has 0 bridgehead atoms. The van der Waals surface area contributed by atoms with Gasteiger partial charge in [-0.1, -0.05) is 36.5 Å². The lowest BCUT2D eigenvalue weighted by molar-refractivity contribution is -0.132. The molecule has 8 heteroatoms. The van der Waals surface area contributed by atoms with Crippen LogP contribution in [0.2, 0.25) is 0 Å². The van der Waals surface area contributed by atoms with Gasteiger partial charge in [-0.05, 0) is 79.9 Å². The third-order valence-electron chi connectivity index (χ3n) is 6.21. The summed E-state index contributed by atoms with van der Waals surface area (Å²) in [4.78, 5) is 32.8. The van der Waals surface area contributed by atoms with Crippen LogP contribution >= 0.6 is 11.3 Å². The first kappa shape index (κ1) is 24.5. The summed E-state index contributed by atoms with van der Waals surface area (Å²) in [5.41, 5.74) is 2.78. The van der Waals surface area contributed by atoms with E-state index in [4.69, 9.17) is 4.74 Å². The van der Waals surface area contributed by atoms with Gasteiger partial charge in [0.05, 0.1) is 27.9 Å². The highest BCUT2D eigenvalue weighted by molar-refractivity contribution is 7.22. The van der Waals surface area contributed by atoms with E-state index < -0.39 is 17.7 Å². The number of benzene rings is 3. The topological polar surface area (TPSA) is 100.0 Å². The number of amides is 1. The average molecular weight is 515 g/mol. The summed E-state index contributed by atoms with van der Waals surface area (Å²) in [7, 11) is 0. The number of anilines is 1. The minimum atomic E-state index is -0.918. The smallest absolute Gasteiger partial charge is 0.301 e. The van der Waals surface area contributed by atoms with Crippen LogP contribution in [-0.4, -0.2) is 33.0 Å². The van der Waals surface area contributed by atoms with Gasteiger partial charge in [-0.15, -0.1) is 0 Å². The number of rotatable bonds is 6. The molecule has 0 radical (unpaired) electrons. The number of aromatic hydroxyl groups is 1. The molecule has 7 nitrogen and oxygen atoms in total. The van der Waals surface area contributed by atoms with Crippen LogP contribution in [0, 0.1) is 0 Å². The number of carbonyl (C=O) groups is 2. The minimum absolute atomic E-state index is 0.0125. The van der Waals surface area contributed by atoms with Crippen LogP contribution in [-0.2, 0) is 16.0 Å². The van der Waals surface area contributed by atoms with Crippen molar-refractivity contribution < 1.29 is 24.5 Å². The molecule has 0 spiro atoms. The van der Waals surface area contributed by atoms with E-state index >= 15 is 0 Å². The number of fused-ring (bicyclic) bond motifs is 1. The Kier molecular flexibility index (Phi) is 6.43. The summed E-state index contributed by atoms with van der Waals surface area (Å²) >= 11 is 1.32. The van der Waals surface area contributed by atoms with Gasteiger partial charge in [0.15, 0.2) is 5.13 Å². The maximum absolute atomic E-state index is 13.4. The van der Waals surface area contributed by atoms with Crippen molar-refractivity contribution in [1.29, 1.82) is 0 Å². The fourth-order valence-corrected chi connectivity index (χ4v) is 5.46. The Bertz CT molecular complexity index is 1520. The van der Waals surface area contributed by atoms with Crippen molar-refractivity contribution in [2.45, 2.75) is 39.3 Å². The van der Waals surface area contributed by atoms with Crippen molar-refractivity contribution >= 4 is 44.1 Å². The summed E-state index contributed by atoms with van der Waals surface area (Å²) in [6.07, 6.45) is 0.851. The third kappa shape index (κ3) is 4.56. The zero-order valence-corrected chi connectivity index (χ0v) is 21.5. The predicted octanol–water partition coefficient (Wildman–Crippen LogP) is 5.98. The lowest BCUT2D eigenvalue weighted by Gasteiger charge is -2.23. The lowest BCUT2D eigenvalue weighted by Crippen LogP contribution is -2.29. The van der Waals surface area contributed by atoms with Gasteiger partial charge >= 0.3 is 5.91 Å². The third-order valence-corrected chi connectivity index (χ3v) is 7.23. The molecular formula is C29H26N2O5S. The number of ketones is 1. The number of ether oxygens (including phenoxy) is 1. The highest BCUT2D eigenvalue weighted by Crippen LogP contribution is 2.44. The molecule has 2 N–H and O–H groups in total. The fraction of sp³-hybridized carbons (Fsp3) is 0.207. The molecule has 1 saturated heterocycles. The number of Topliss-reactive ketones (excluding diaryl/α,β-unsaturated/α-hetero) is 1. The number of aliphatic hydroxyl groups excluding tert-OH is 1. The number of phenols is 1. The van der Waals surface area contributed by atoms with Gasteiger partial charge in [-0.25, -0.2) is 4.98 Å². The molecule has 1 unspecified atom stereocenters. The summed E-state index contributed by atoms with van der Waals surface area (Å²) in [6, 6.07) is 18.0. The van der Waals surface area contributed by atoms with Crippen LogP contribution in [0.15, 0.2) is 72.3 Å². The lowest BCUT2D eigenvalue weighted by atomic mass is 9.95. The number of phenolic OH excluding ortho intramolecular Hbond substituents is 1. The molecule has 1 amide bonds. The molecule has 1 aliphatic heterocycles. The monoisotopic (exact) mass is 514 g/mol. The van der Waals surface area contributed by atoms with Crippen molar-refractivity contribution in [3.8, 4) is 11.5 Å². The van der Waals surface area contributed by atoms with E-state index in [0.29, 0.717) is 22.0 Å². The van der Waals surface area contributed by atoms with Crippen molar-refractivity contribution in [3.63, 3.8) is 0 Å². The Balaban J connectivity index is 1.65. The van der Waals surface area contributed by atoms with Gasteiger partial charge in [-0.3, -0.25) is 14.5 Å². The standard InChI is InChI=1S/C29H26N2O5S/c1-4-17-5-14-22-23(15-17)37-29(30-22)31-25(18-6-10-20(32)11-7-18)24(27(34)28(31)35)26(33)19-8-12-21(13-9-19)36-16(2)3/h5-16,25,32-33H,4H2,1-3H3/b26-24+. The van der Waals surface area contributed by atoms with Gasteiger partial charge < -0.3 is 14.9 Å². The largest absolute Gasteiger partial charge is 0.508 e. The van der Waals surface area contributed by atoms with Crippen LogP contribution in [0.4, 0.5) is 5.13 Å². The summed E-state index contributed by atoms with van der Waals surface area (Å²) < 4.78 is 6.58. The van der Waals surface area contributed by atoms with E-state index in [1.165, 1.54) is 28.4 Å². The average Bonchev–Trinajstić information content (AvgIpc) is 3.41. The molecule has 2 heterocycles. The van der Waals surface area contributed by atoms with Crippen LogP contribution in [0.3, 0.4) is 0 Å². The van der Waals surface area contributed by atoms with Crippen molar-refractivity contribution in [2.24, 2.45) is 0 Å². The Morgan fingerprint density at radius 3 is 2.41 bits per heavy atom. The van der Waals surface area contributed by atoms with Gasteiger partial charge in [0.2, 0.25) is 0 Å². The maximum Gasteiger partial charge on any atom is 0.301 e. The van der Waals surface area contributed by atoms with E-state index in [2.05, 4.69) is 11.9 Å². The Morgan fingerprint density at radius 1 is 1.05 bits per heavy atom. The first-order chi connectivity index (χ1) is 17.8. The zero-order chi connectivity index (χ0) is 26.3. The minimum Gasteiger partial charge on any atom is -0.508 e. The van der Waals surface area contributed by atoms with Crippen LogP contribution in [0.25, 0.3) is 16.0 Å². The molecular weight excluding hydrogens is 488 g/mol. The number of thiazole rings is 1. The second-order valence-corrected chi connectivity index (χ2v) is 10.1. The van der Waals surface area contributed by atoms with Crippen LogP contribution < -0.4 is 9.64 Å². The molecule has 3 aromatic carbocycles. The van der Waals surface area contributed by atoms with Crippen LogP contribution in [0.1, 0.15) is 43.5 Å². The Morgan fingerprint density at radius 2 is 1.76 bits per heavy atom. The van der Waals surface area contributed by atoms with Gasteiger partial charge in [0.25, 0.3) is 5.78 Å². The van der Waals surface area contributed by atoms with Crippen LogP contribution in [0.5, 0.6) is 11.5 Å². The molecule has 4 aromatic rings. The number of aliphatic hydroxyl groups is 1. The van der Waals surface area contributed by atoms with Crippen molar-refractivity contribution in [2.75, 3.05) is 4.90 Å². The number of hydrogen-bond donors (Lipinski definition) is 2. The molecule has 0 saturated carbocycles. The van der Waals surface area contributed by atoms with E-state index in [9.17, 15) is 19.8 Å². The highest BCUT2D eigenvalue weighted by Gasteiger charge is 2.48. The fourth-order valence-electron chi connectivity index (χ4n) is 4.40. The molecule has 5 rings (SSSR count). The van der Waals surface area contributed by atoms with E-state index in [0.717, 1.165) is 22.2 Å². The maximum atomic E-state index is 13.4. The highest BCUT2D eigenvalue weighted by atomic mass is 32.1. The number of aromatic nitrogens is 1. The number of hydrogen-bond acceptors (Lipinski definition) is 7. The number of carbonyl (C=O) groups excluding carboxylic acids is 2. The van der Waals surface area contributed by atoms with E-state index in [1.807, 2.05) is 32.0 Å². The van der Waals surface area contributed by atoms with E-state index in [1.54, 1.807) is 36.4 Å². The Hall–Kier alpha value is -4.17. The molecule has 1 aliphatic rings. The molecule has 1 aromatic heterocycles. The number of aryl methyl sites for hydroxylation is 1. The predicted molar refractivity (Wildman–Crippen MR) is 144 cm³/mol. The zero-order valence-electron chi connectivity index (χ0n) is 20.6. The molecule has 37 heavy (non-hydrogen) atoms. The summed E-state index contributed by atoms with van der Waals surface area (Å²) in [5, 5.41) is 21.5. The van der Waals surface area contributed by atoms with Crippen molar-refractivity contribution in [3.05, 3.63) is 89.0 Å². The van der Waals surface area contributed by atoms with Gasteiger partial charge in [0, 0.05) is 5.56 Å². The molecule has 1 atom stereocenters. The number of nitrogens with zero attached hydrogens (tertiary/aromatic N) is 2. The quantitative estimate of drug-likeness (QED) is 0.187. The van der Waals surface area contributed by atoms with Gasteiger partial charge in [-0.2, -0.15) is 0 Å². The first-order valence-electron chi connectivity index (χ1n) is 12.0. The molecule has 0 aliphatic carbocycles. The summed E-state index contributed by atoms with van der Waals surface area (Å²) in [5.74, 6) is -1.18. The second-order valence-electron chi connectivity index (χ2n) is 9.10.